The van der Waals surface area contributed by atoms with Gasteiger partial charge in [-0.25, -0.2) is 0 Å². The Labute approximate surface area is 151 Å². The first kappa shape index (κ1) is 18.0. The van der Waals surface area contributed by atoms with E-state index in [4.69, 9.17) is 6.42 Å². The summed E-state index contributed by atoms with van der Waals surface area (Å²) in [4.78, 5) is 19.6. The van der Waals surface area contributed by atoms with E-state index in [2.05, 4.69) is 46.9 Å². The molecule has 1 aromatic rings. The third-order valence-corrected chi connectivity index (χ3v) is 5.53. The van der Waals surface area contributed by atoms with Crippen LogP contribution in [0.25, 0.3) is 0 Å². The summed E-state index contributed by atoms with van der Waals surface area (Å²) in [5.41, 5.74) is 2.72. The second-order valence-corrected chi connectivity index (χ2v) is 7.21. The highest BCUT2D eigenvalue weighted by Crippen LogP contribution is 2.20. The highest BCUT2D eigenvalue weighted by atomic mass is 16.2. The van der Waals surface area contributed by atoms with Crippen LogP contribution in [0, 0.1) is 19.3 Å². The van der Waals surface area contributed by atoms with Gasteiger partial charge in [0.25, 0.3) is 0 Å². The van der Waals surface area contributed by atoms with Crippen molar-refractivity contribution in [2.24, 2.45) is 0 Å². The largest absolute Gasteiger partial charge is 0.339 e. The molecule has 0 spiro atoms. The number of amides is 1. The molecule has 0 N–H and O–H groups in total. The van der Waals surface area contributed by atoms with Gasteiger partial charge in [-0.1, -0.05) is 36.6 Å². The molecule has 0 aromatic heterocycles. The standard InChI is InChI=1S/C21H29N3O/c1-3-11-23-12-7-6-10-20(23)21(25)24-15-13-22(14-16-24)17-19-9-5-4-8-18(19)2/h1,4-5,8-9,20H,6-7,10-17H2,2H3. The van der Waals surface area contributed by atoms with Gasteiger partial charge in [-0.3, -0.25) is 14.6 Å². The number of piperazine rings is 1. The van der Waals surface area contributed by atoms with Gasteiger partial charge in [-0.05, 0) is 37.4 Å². The van der Waals surface area contributed by atoms with E-state index in [0.717, 1.165) is 58.5 Å². The predicted octanol–water partition coefficient (Wildman–Crippen LogP) is 2.13. The quantitative estimate of drug-likeness (QED) is 0.786. The zero-order chi connectivity index (χ0) is 17.6. The topological polar surface area (TPSA) is 26.8 Å². The van der Waals surface area contributed by atoms with Crippen molar-refractivity contribution in [2.75, 3.05) is 39.3 Å². The van der Waals surface area contributed by atoms with Gasteiger partial charge in [-0.2, -0.15) is 0 Å². The first-order valence-corrected chi connectivity index (χ1v) is 9.42. The molecule has 4 heteroatoms. The van der Waals surface area contributed by atoms with Crippen molar-refractivity contribution >= 4 is 5.91 Å². The van der Waals surface area contributed by atoms with Crippen molar-refractivity contribution < 1.29 is 4.79 Å². The van der Waals surface area contributed by atoms with Crippen LogP contribution in [-0.4, -0.2) is 65.9 Å². The summed E-state index contributed by atoms with van der Waals surface area (Å²) in [5, 5.41) is 0. The second-order valence-electron chi connectivity index (χ2n) is 7.21. The van der Waals surface area contributed by atoms with Crippen molar-refractivity contribution in [1.29, 1.82) is 0 Å². The molecule has 2 aliphatic rings. The molecule has 1 atom stereocenters. The van der Waals surface area contributed by atoms with Crippen LogP contribution in [0.15, 0.2) is 24.3 Å². The van der Waals surface area contributed by atoms with E-state index >= 15 is 0 Å². The Morgan fingerprint density at radius 1 is 1.16 bits per heavy atom. The number of aryl methyl sites for hydroxylation is 1. The van der Waals surface area contributed by atoms with E-state index in [1.54, 1.807) is 0 Å². The molecular formula is C21H29N3O. The zero-order valence-electron chi connectivity index (χ0n) is 15.3. The number of likely N-dealkylation sites (tertiary alicyclic amines) is 1. The maximum Gasteiger partial charge on any atom is 0.240 e. The van der Waals surface area contributed by atoms with Gasteiger partial charge >= 0.3 is 0 Å². The average molecular weight is 339 g/mol. The molecule has 4 nitrogen and oxygen atoms in total. The number of rotatable bonds is 4. The zero-order valence-corrected chi connectivity index (χ0v) is 15.3. The maximum atomic E-state index is 13.0. The van der Waals surface area contributed by atoms with E-state index in [9.17, 15) is 4.79 Å². The maximum absolute atomic E-state index is 13.0. The molecule has 0 bridgehead atoms. The first-order valence-electron chi connectivity index (χ1n) is 9.42. The Morgan fingerprint density at radius 3 is 2.64 bits per heavy atom. The Balaban J connectivity index is 1.54. The molecule has 134 valence electrons. The van der Waals surface area contributed by atoms with Crippen LogP contribution < -0.4 is 0 Å². The molecule has 2 fully saturated rings. The lowest BCUT2D eigenvalue weighted by Gasteiger charge is -2.40. The molecule has 25 heavy (non-hydrogen) atoms. The summed E-state index contributed by atoms with van der Waals surface area (Å²) in [6.07, 6.45) is 8.71. The van der Waals surface area contributed by atoms with Crippen LogP contribution in [0.4, 0.5) is 0 Å². The number of carbonyl (C=O) groups excluding carboxylic acids is 1. The van der Waals surface area contributed by atoms with E-state index < -0.39 is 0 Å². The van der Waals surface area contributed by atoms with Crippen LogP contribution in [0.5, 0.6) is 0 Å². The molecule has 1 amide bonds. The van der Waals surface area contributed by atoms with Gasteiger partial charge in [0.1, 0.15) is 0 Å². The minimum atomic E-state index is -0.00674. The van der Waals surface area contributed by atoms with Crippen molar-refractivity contribution in [1.82, 2.24) is 14.7 Å². The Bertz CT molecular complexity index is 628. The minimum absolute atomic E-state index is 0.00674. The lowest BCUT2D eigenvalue weighted by Crippen LogP contribution is -2.55. The summed E-state index contributed by atoms with van der Waals surface area (Å²) in [7, 11) is 0. The molecule has 2 saturated heterocycles. The van der Waals surface area contributed by atoms with Crippen molar-refractivity contribution in [3.63, 3.8) is 0 Å². The predicted molar refractivity (Wildman–Crippen MR) is 101 cm³/mol. The third-order valence-electron chi connectivity index (χ3n) is 5.53. The number of terminal acetylenes is 1. The molecule has 0 aliphatic carbocycles. The number of piperidine rings is 1. The van der Waals surface area contributed by atoms with E-state index in [1.165, 1.54) is 11.1 Å². The average Bonchev–Trinajstić information content (AvgIpc) is 2.64. The van der Waals surface area contributed by atoms with Gasteiger partial charge in [0.2, 0.25) is 5.91 Å². The van der Waals surface area contributed by atoms with E-state index in [0.29, 0.717) is 6.54 Å². The molecule has 3 rings (SSSR count). The van der Waals surface area contributed by atoms with Gasteiger partial charge < -0.3 is 4.90 Å². The number of hydrogen-bond donors (Lipinski definition) is 0. The van der Waals surface area contributed by atoms with Crippen LogP contribution in [-0.2, 0) is 11.3 Å². The van der Waals surface area contributed by atoms with Crippen LogP contribution in [0.1, 0.15) is 30.4 Å². The van der Waals surface area contributed by atoms with Gasteiger partial charge in [0.05, 0.1) is 12.6 Å². The van der Waals surface area contributed by atoms with Gasteiger partial charge in [0, 0.05) is 32.7 Å². The highest BCUT2D eigenvalue weighted by molar-refractivity contribution is 5.82. The fourth-order valence-electron chi connectivity index (χ4n) is 3.94. The highest BCUT2D eigenvalue weighted by Gasteiger charge is 2.32. The summed E-state index contributed by atoms with van der Waals surface area (Å²) >= 11 is 0. The third kappa shape index (κ3) is 4.42. The molecular weight excluding hydrogens is 310 g/mol. The molecule has 0 radical (unpaired) electrons. The summed E-state index contributed by atoms with van der Waals surface area (Å²) in [5.74, 6) is 2.99. The summed E-state index contributed by atoms with van der Waals surface area (Å²) in [6.45, 7) is 8.22. The van der Waals surface area contributed by atoms with Crippen molar-refractivity contribution in [3.8, 4) is 12.3 Å². The molecule has 2 heterocycles. The Morgan fingerprint density at radius 2 is 1.92 bits per heavy atom. The van der Waals surface area contributed by atoms with Crippen LogP contribution in [0.3, 0.4) is 0 Å². The summed E-state index contributed by atoms with van der Waals surface area (Å²) in [6, 6.07) is 8.55. The van der Waals surface area contributed by atoms with Crippen molar-refractivity contribution in [3.05, 3.63) is 35.4 Å². The molecule has 1 aromatic carbocycles. The number of carbonyl (C=O) groups is 1. The smallest absolute Gasteiger partial charge is 0.240 e. The SMILES string of the molecule is C#CCN1CCCCC1C(=O)N1CCN(Cc2ccccc2C)CC1. The van der Waals surface area contributed by atoms with E-state index in [1.807, 2.05) is 4.90 Å². The van der Waals surface area contributed by atoms with Crippen LogP contribution >= 0.6 is 0 Å². The molecule has 1 unspecified atom stereocenters. The fraction of sp³-hybridized carbons (Fsp3) is 0.571. The minimum Gasteiger partial charge on any atom is -0.339 e. The van der Waals surface area contributed by atoms with Gasteiger partial charge in [0.15, 0.2) is 0 Å². The van der Waals surface area contributed by atoms with Gasteiger partial charge in [-0.15, -0.1) is 6.42 Å². The Kier molecular flexibility index (Phi) is 6.12. The van der Waals surface area contributed by atoms with E-state index in [-0.39, 0.29) is 11.9 Å². The first-order chi connectivity index (χ1) is 12.2. The number of hydrogen-bond acceptors (Lipinski definition) is 3. The lowest BCUT2D eigenvalue weighted by molar-refractivity contribution is -0.139. The normalized spacial score (nSPS) is 22.6. The second kappa shape index (κ2) is 8.51. The Hall–Kier alpha value is -1.83. The van der Waals surface area contributed by atoms with Crippen LogP contribution in [0.2, 0.25) is 0 Å². The number of benzene rings is 1. The monoisotopic (exact) mass is 339 g/mol. The number of nitrogens with zero attached hydrogens (tertiary/aromatic N) is 3. The molecule has 0 saturated carbocycles. The van der Waals surface area contributed by atoms with Crippen molar-refractivity contribution in [2.45, 2.75) is 38.8 Å². The molecule has 2 aliphatic heterocycles. The summed E-state index contributed by atoms with van der Waals surface area (Å²) < 4.78 is 0. The lowest BCUT2D eigenvalue weighted by atomic mass is 10.0. The fourth-order valence-corrected chi connectivity index (χ4v) is 3.94.